The molecule has 4 atom stereocenters. The van der Waals surface area contributed by atoms with Crippen LogP contribution in [0.1, 0.15) is 72.1 Å². The summed E-state index contributed by atoms with van der Waals surface area (Å²) in [4.78, 5) is 72.1. The molecular weight excluding hydrogens is 680 g/mol. The third kappa shape index (κ3) is 12.5. The average Bonchev–Trinajstić information content (AvgIpc) is 3.74. The van der Waals surface area contributed by atoms with Crippen molar-refractivity contribution in [2.24, 2.45) is 0 Å². The predicted octanol–water partition coefficient (Wildman–Crippen LogP) is 4.63. The molecule has 278 valence electrons. The summed E-state index contributed by atoms with van der Waals surface area (Å²) in [7, 11) is 0. The van der Waals surface area contributed by atoms with E-state index in [0.29, 0.717) is 38.5 Å². The molecule has 2 aliphatic rings. The number of benzene rings is 2. The number of rotatable bonds is 20. The van der Waals surface area contributed by atoms with Crippen molar-refractivity contribution in [2.75, 3.05) is 26.4 Å². The average molecular weight is 723 g/mol. The molecule has 2 fully saturated rings. The molecule has 4 unspecified atom stereocenters. The summed E-state index contributed by atoms with van der Waals surface area (Å²) >= 11 is 0. The van der Waals surface area contributed by atoms with E-state index in [-0.39, 0.29) is 61.9 Å². The molecule has 2 saturated heterocycles. The third-order valence-corrected chi connectivity index (χ3v) is 8.00. The van der Waals surface area contributed by atoms with E-state index in [9.17, 15) is 28.8 Å². The van der Waals surface area contributed by atoms with Gasteiger partial charge in [-0.05, 0) is 87.1 Å². The Hall–Kier alpha value is -5.34. The van der Waals surface area contributed by atoms with Gasteiger partial charge in [0.15, 0.2) is 12.2 Å². The molecular formula is C38H42O14. The van der Waals surface area contributed by atoms with Gasteiger partial charge in [0.2, 0.25) is 0 Å². The minimum absolute atomic E-state index is 0.0460. The van der Waals surface area contributed by atoms with Gasteiger partial charge in [-0.15, -0.1) is 0 Å². The number of hydrogen-bond donors (Lipinski definition) is 0. The lowest BCUT2D eigenvalue weighted by molar-refractivity contribution is -0.138. The van der Waals surface area contributed by atoms with Crippen molar-refractivity contribution in [3.63, 3.8) is 0 Å². The molecule has 14 heteroatoms. The van der Waals surface area contributed by atoms with Crippen LogP contribution in [0.5, 0.6) is 11.5 Å². The van der Waals surface area contributed by atoms with Crippen LogP contribution in [0, 0.1) is 0 Å². The highest BCUT2D eigenvalue weighted by molar-refractivity contribution is 5.90. The zero-order chi connectivity index (χ0) is 37.3. The van der Waals surface area contributed by atoms with E-state index in [1.165, 1.54) is 48.5 Å². The Morgan fingerprint density at radius 2 is 0.962 bits per heavy atom. The fourth-order valence-corrected chi connectivity index (χ4v) is 5.29. The van der Waals surface area contributed by atoms with Gasteiger partial charge in [0.25, 0.3) is 0 Å². The number of fused-ring (bicyclic) bond motifs is 1. The van der Waals surface area contributed by atoms with Gasteiger partial charge in [-0.2, -0.15) is 0 Å². The maximum atomic E-state index is 12.9. The van der Waals surface area contributed by atoms with Crippen molar-refractivity contribution in [1.29, 1.82) is 0 Å². The van der Waals surface area contributed by atoms with E-state index in [1.54, 1.807) is 0 Å². The van der Waals surface area contributed by atoms with Crippen LogP contribution in [-0.4, -0.2) is 86.7 Å². The van der Waals surface area contributed by atoms with Gasteiger partial charge >= 0.3 is 35.8 Å². The van der Waals surface area contributed by atoms with E-state index in [2.05, 4.69) is 13.2 Å². The standard InChI is InChI=1S/C38H42O14/c1-3-31(39)45-21-9-5-7-11-33(41)49-27-17-13-25(14-18-27)37(43)51-29-23-47-36-30(24-48-35(29)36)52-38(44)26-15-19-28(20-16-26)50-34(42)12-8-6-10-22-46-32(40)4-2/h3-4,13-20,29-30,35-36H,1-2,5-12,21-24H2. The summed E-state index contributed by atoms with van der Waals surface area (Å²) in [5.41, 5.74) is 0.465. The fraction of sp³-hybridized carbons (Fsp3) is 0.421. The second-order valence-corrected chi connectivity index (χ2v) is 11.8. The normalized spacial score (nSPS) is 18.7. The molecule has 4 rings (SSSR count). The van der Waals surface area contributed by atoms with Crippen LogP contribution in [0.2, 0.25) is 0 Å². The Bertz CT molecular complexity index is 1450. The number of carbonyl (C=O) groups is 6. The third-order valence-electron chi connectivity index (χ3n) is 8.00. The van der Waals surface area contributed by atoms with Gasteiger partial charge in [-0.1, -0.05) is 13.2 Å². The van der Waals surface area contributed by atoms with E-state index >= 15 is 0 Å². The highest BCUT2D eigenvalue weighted by Gasteiger charge is 2.51. The fourth-order valence-electron chi connectivity index (χ4n) is 5.29. The van der Waals surface area contributed by atoms with Crippen molar-refractivity contribution in [1.82, 2.24) is 0 Å². The van der Waals surface area contributed by atoms with Gasteiger partial charge < -0.3 is 37.9 Å². The van der Waals surface area contributed by atoms with Crippen LogP contribution >= 0.6 is 0 Å². The molecule has 0 spiro atoms. The molecule has 14 nitrogen and oxygen atoms in total. The van der Waals surface area contributed by atoms with Crippen molar-refractivity contribution in [3.8, 4) is 11.5 Å². The molecule has 0 saturated carbocycles. The molecule has 2 aromatic carbocycles. The lowest BCUT2D eigenvalue weighted by Crippen LogP contribution is -2.36. The summed E-state index contributed by atoms with van der Waals surface area (Å²) in [6.45, 7) is 7.26. The smallest absolute Gasteiger partial charge is 0.338 e. The summed E-state index contributed by atoms with van der Waals surface area (Å²) in [5.74, 6) is -2.51. The molecule has 2 heterocycles. The highest BCUT2D eigenvalue weighted by Crippen LogP contribution is 2.32. The minimum Gasteiger partial charge on any atom is -0.463 e. The van der Waals surface area contributed by atoms with Gasteiger partial charge in [0, 0.05) is 25.0 Å². The lowest BCUT2D eigenvalue weighted by Gasteiger charge is -2.17. The first kappa shape index (κ1) is 39.4. The summed E-state index contributed by atoms with van der Waals surface area (Å²) in [5, 5.41) is 0. The first-order valence-electron chi connectivity index (χ1n) is 17.0. The van der Waals surface area contributed by atoms with Crippen LogP contribution in [0.3, 0.4) is 0 Å². The Morgan fingerprint density at radius 3 is 1.33 bits per heavy atom. The maximum absolute atomic E-state index is 12.9. The van der Waals surface area contributed by atoms with Crippen molar-refractivity contribution >= 4 is 35.8 Å². The van der Waals surface area contributed by atoms with E-state index in [4.69, 9.17) is 37.9 Å². The van der Waals surface area contributed by atoms with E-state index in [0.717, 1.165) is 12.2 Å². The second-order valence-electron chi connectivity index (χ2n) is 11.8. The van der Waals surface area contributed by atoms with Gasteiger partial charge in [0.1, 0.15) is 23.7 Å². The van der Waals surface area contributed by atoms with Crippen LogP contribution in [0.4, 0.5) is 0 Å². The van der Waals surface area contributed by atoms with Crippen LogP contribution in [-0.2, 0) is 47.6 Å². The number of esters is 6. The zero-order valence-corrected chi connectivity index (χ0v) is 28.7. The van der Waals surface area contributed by atoms with Crippen LogP contribution < -0.4 is 9.47 Å². The molecule has 0 bridgehead atoms. The number of unbranched alkanes of at least 4 members (excludes halogenated alkanes) is 4. The minimum atomic E-state index is -0.734. The van der Waals surface area contributed by atoms with Gasteiger partial charge in [0.05, 0.1) is 37.6 Å². The quantitative estimate of drug-likeness (QED) is 0.0608. The predicted molar refractivity (Wildman–Crippen MR) is 181 cm³/mol. The Labute approximate surface area is 300 Å². The molecule has 0 aromatic heterocycles. The lowest BCUT2D eigenvalue weighted by atomic mass is 10.1. The van der Waals surface area contributed by atoms with Gasteiger partial charge in [-0.25, -0.2) is 19.2 Å². The van der Waals surface area contributed by atoms with Crippen molar-refractivity contribution in [2.45, 2.75) is 75.8 Å². The van der Waals surface area contributed by atoms with Crippen molar-refractivity contribution in [3.05, 3.63) is 85.0 Å². The zero-order valence-electron chi connectivity index (χ0n) is 28.7. The molecule has 0 amide bonds. The van der Waals surface area contributed by atoms with Crippen LogP contribution in [0.25, 0.3) is 0 Å². The van der Waals surface area contributed by atoms with Crippen molar-refractivity contribution < 1.29 is 66.7 Å². The largest absolute Gasteiger partial charge is 0.463 e. The Kier molecular flexibility index (Phi) is 15.5. The topological polar surface area (TPSA) is 176 Å². The first-order chi connectivity index (χ1) is 25.2. The summed E-state index contributed by atoms with van der Waals surface area (Å²) < 4.78 is 43.3. The molecule has 0 N–H and O–H groups in total. The monoisotopic (exact) mass is 722 g/mol. The van der Waals surface area contributed by atoms with Gasteiger partial charge in [-0.3, -0.25) is 9.59 Å². The van der Waals surface area contributed by atoms with Crippen LogP contribution in [0.15, 0.2) is 73.8 Å². The number of carbonyl (C=O) groups excluding carboxylic acids is 6. The van der Waals surface area contributed by atoms with E-state index in [1.807, 2.05) is 0 Å². The molecule has 2 aliphatic heterocycles. The molecule has 0 radical (unpaired) electrons. The first-order valence-corrected chi connectivity index (χ1v) is 17.0. The maximum Gasteiger partial charge on any atom is 0.338 e. The molecule has 2 aromatic rings. The molecule has 0 aliphatic carbocycles. The highest BCUT2D eigenvalue weighted by atomic mass is 16.7. The second kappa shape index (κ2) is 20.5. The summed E-state index contributed by atoms with van der Waals surface area (Å²) in [6.07, 6.45) is 3.55. The number of hydrogen-bond acceptors (Lipinski definition) is 14. The molecule has 52 heavy (non-hydrogen) atoms. The Morgan fingerprint density at radius 1 is 0.577 bits per heavy atom. The summed E-state index contributed by atoms with van der Waals surface area (Å²) in [6, 6.07) is 11.9. The SMILES string of the molecule is C=CC(=O)OCCCCCC(=O)Oc1ccc(C(=O)OC2COC3C(OC(=O)c4ccc(OC(=O)CCCCCOC(=O)C=C)cc4)COC23)cc1. The van der Waals surface area contributed by atoms with E-state index < -0.39 is 60.2 Å². The Balaban J connectivity index is 1.14. The number of ether oxygens (including phenoxy) is 8.